The molecule has 128 valence electrons. The van der Waals surface area contributed by atoms with Crippen molar-refractivity contribution < 1.29 is 24.1 Å². The fourth-order valence-electron chi connectivity index (χ4n) is 2.48. The fraction of sp³-hybridized carbons (Fsp3) is 0.278. The molecule has 0 bridgehead atoms. The van der Waals surface area contributed by atoms with Gasteiger partial charge in [0.25, 0.3) is 0 Å². The van der Waals surface area contributed by atoms with E-state index in [9.17, 15) is 9.90 Å². The van der Waals surface area contributed by atoms with Crippen molar-refractivity contribution in [2.45, 2.75) is 5.79 Å². The lowest BCUT2D eigenvalue weighted by molar-refractivity contribution is -0.186. The van der Waals surface area contributed by atoms with Gasteiger partial charge in [0.1, 0.15) is 17.4 Å². The first-order valence-electron chi connectivity index (χ1n) is 7.22. The average Bonchev–Trinajstić information content (AvgIpc) is 2.61. The monoisotopic (exact) mass is 394 g/mol. The topological polar surface area (TPSA) is 65.0 Å². The molecule has 0 aromatic heterocycles. The summed E-state index contributed by atoms with van der Waals surface area (Å²) in [6.07, 6.45) is 4.42. The van der Waals surface area contributed by atoms with E-state index in [0.717, 1.165) is 5.56 Å². The van der Waals surface area contributed by atoms with Gasteiger partial charge in [-0.3, -0.25) is 4.79 Å². The van der Waals surface area contributed by atoms with Crippen LogP contribution in [0.15, 0.2) is 58.5 Å². The first-order valence-corrected chi connectivity index (χ1v) is 8.01. The Morgan fingerprint density at radius 2 is 1.88 bits per heavy atom. The zero-order chi connectivity index (χ0) is 17.7. The molecule has 0 fully saturated rings. The number of aliphatic hydroxyl groups is 1. The number of carbonyl (C=O) groups excluding carboxylic acids is 1. The number of methoxy groups -OCH3 is 3. The number of benzene rings is 1. The lowest BCUT2D eigenvalue weighted by Crippen LogP contribution is -2.46. The van der Waals surface area contributed by atoms with E-state index in [2.05, 4.69) is 15.9 Å². The molecule has 0 heterocycles. The molecule has 2 rings (SSSR count). The van der Waals surface area contributed by atoms with Gasteiger partial charge in [0.05, 0.1) is 18.7 Å². The second-order valence-corrected chi connectivity index (χ2v) is 5.92. The maximum atomic E-state index is 12.7. The van der Waals surface area contributed by atoms with Crippen LogP contribution in [0.2, 0.25) is 0 Å². The molecular weight excluding hydrogens is 376 g/mol. The van der Waals surface area contributed by atoms with Crippen LogP contribution < -0.4 is 0 Å². The molecule has 6 heteroatoms. The van der Waals surface area contributed by atoms with E-state index in [0.29, 0.717) is 10.2 Å². The second kappa shape index (κ2) is 7.79. The van der Waals surface area contributed by atoms with Gasteiger partial charge in [0, 0.05) is 13.2 Å². The third-order valence-electron chi connectivity index (χ3n) is 3.74. The number of hydrogen-bond donors (Lipinski definition) is 1. The summed E-state index contributed by atoms with van der Waals surface area (Å²) in [7, 11) is 4.19. The average molecular weight is 395 g/mol. The number of ketones is 1. The summed E-state index contributed by atoms with van der Waals surface area (Å²) in [5.41, 5.74) is 0.873. The molecule has 1 aliphatic carbocycles. The molecule has 0 radical (unpaired) electrons. The van der Waals surface area contributed by atoms with Crippen LogP contribution in [0.5, 0.6) is 0 Å². The molecule has 2 atom stereocenters. The first-order chi connectivity index (χ1) is 11.5. The van der Waals surface area contributed by atoms with Crippen molar-refractivity contribution in [3.8, 4) is 0 Å². The minimum absolute atomic E-state index is 0.237. The number of rotatable bonds is 6. The van der Waals surface area contributed by atoms with Gasteiger partial charge < -0.3 is 19.3 Å². The third kappa shape index (κ3) is 3.61. The molecule has 0 saturated heterocycles. The smallest absolute Gasteiger partial charge is 0.206 e. The Labute approximate surface area is 149 Å². The molecule has 2 unspecified atom stereocenters. The Balaban J connectivity index is 2.40. The van der Waals surface area contributed by atoms with Gasteiger partial charge >= 0.3 is 0 Å². The van der Waals surface area contributed by atoms with Gasteiger partial charge in [-0.15, -0.1) is 0 Å². The molecule has 0 aliphatic heterocycles. The maximum absolute atomic E-state index is 12.7. The van der Waals surface area contributed by atoms with E-state index in [4.69, 9.17) is 14.2 Å². The van der Waals surface area contributed by atoms with Crippen LogP contribution in [0.4, 0.5) is 0 Å². The van der Waals surface area contributed by atoms with E-state index in [1.165, 1.54) is 33.5 Å². The van der Waals surface area contributed by atoms with Crippen LogP contribution in [0, 0.1) is 5.92 Å². The normalized spacial score (nSPS) is 24.0. The highest BCUT2D eigenvalue weighted by molar-refractivity contribution is 9.12. The molecule has 5 nitrogen and oxygen atoms in total. The Morgan fingerprint density at radius 1 is 1.21 bits per heavy atom. The molecule has 1 aliphatic rings. The molecular formula is C18H19BrO5. The summed E-state index contributed by atoms with van der Waals surface area (Å²) in [5.74, 6) is -2.72. The molecule has 24 heavy (non-hydrogen) atoms. The predicted molar refractivity (Wildman–Crippen MR) is 94.0 cm³/mol. The summed E-state index contributed by atoms with van der Waals surface area (Å²) >= 11 is 3.35. The van der Waals surface area contributed by atoms with Gasteiger partial charge in [-0.1, -0.05) is 36.4 Å². The van der Waals surface area contributed by atoms with E-state index < -0.39 is 11.7 Å². The summed E-state index contributed by atoms with van der Waals surface area (Å²) in [6, 6.07) is 9.39. The van der Waals surface area contributed by atoms with E-state index >= 15 is 0 Å². The van der Waals surface area contributed by atoms with Crippen LogP contribution in [0.25, 0.3) is 6.08 Å². The van der Waals surface area contributed by atoms with Crippen molar-refractivity contribution >= 4 is 27.8 Å². The van der Waals surface area contributed by atoms with Crippen molar-refractivity contribution in [3.05, 3.63) is 64.0 Å². The fourth-order valence-corrected chi connectivity index (χ4v) is 3.14. The van der Waals surface area contributed by atoms with Gasteiger partial charge in [-0.2, -0.15) is 0 Å². The largest absolute Gasteiger partial charge is 0.499 e. The van der Waals surface area contributed by atoms with Crippen molar-refractivity contribution in [3.63, 3.8) is 0 Å². The van der Waals surface area contributed by atoms with Gasteiger partial charge in [0.15, 0.2) is 5.78 Å². The number of carbonyl (C=O) groups is 1. The van der Waals surface area contributed by atoms with Crippen molar-refractivity contribution in [1.82, 2.24) is 0 Å². The Hall–Kier alpha value is -1.89. The van der Waals surface area contributed by atoms with Crippen molar-refractivity contribution in [1.29, 1.82) is 0 Å². The Morgan fingerprint density at radius 3 is 2.42 bits per heavy atom. The summed E-state index contributed by atoms with van der Waals surface area (Å²) in [4.78, 5) is 12.7. The molecule has 1 N–H and O–H groups in total. The highest BCUT2D eigenvalue weighted by Crippen LogP contribution is 2.41. The van der Waals surface area contributed by atoms with Crippen LogP contribution in [-0.4, -0.2) is 38.0 Å². The lowest BCUT2D eigenvalue weighted by Gasteiger charge is -2.35. The molecule has 0 amide bonds. The predicted octanol–water partition coefficient (Wildman–Crippen LogP) is 3.02. The van der Waals surface area contributed by atoms with E-state index in [1.807, 2.05) is 30.3 Å². The lowest BCUT2D eigenvalue weighted by atomic mass is 9.86. The maximum Gasteiger partial charge on any atom is 0.206 e. The third-order valence-corrected chi connectivity index (χ3v) is 4.52. The standard InChI is InChI=1S/C18H19BrO5/c1-22-14-11-18(21,24-3)15(17(23-2)16(14)19)13(20)10-9-12-7-5-4-6-8-12/h4-11,15,21H,1-3H3. The zero-order valence-electron chi connectivity index (χ0n) is 13.7. The minimum Gasteiger partial charge on any atom is -0.499 e. The van der Waals surface area contributed by atoms with Crippen LogP contribution >= 0.6 is 15.9 Å². The molecule has 1 aromatic rings. The number of allylic oxidation sites excluding steroid dienone is 2. The molecule has 0 spiro atoms. The van der Waals surface area contributed by atoms with E-state index in [1.54, 1.807) is 6.08 Å². The highest BCUT2D eigenvalue weighted by Gasteiger charge is 2.48. The number of halogens is 1. The second-order valence-electron chi connectivity index (χ2n) is 5.13. The SMILES string of the molecule is COC1=CC(O)(OC)C(C(=O)C=Cc2ccccc2)C(OC)=C1Br. The first kappa shape index (κ1) is 18.4. The molecule has 1 aromatic carbocycles. The van der Waals surface area contributed by atoms with Crippen molar-refractivity contribution in [2.24, 2.45) is 5.92 Å². The summed E-state index contributed by atoms with van der Waals surface area (Å²) in [6.45, 7) is 0. The van der Waals surface area contributed by atoms with Crippen molar-refractivity contribution in [2.75, 3.05) is 21.3 Å². The van der Waals surface area contributed by atoms with Crippen LogP contribution in [0.1, 0.15) is 5.56 Å². The zero-order valence-corrected chi connectivity index (χ0v) is 15.2. The van der Waals surface area contributed by atoms with Crippen LogP contribution in [0.3, 0.4) is 0 Å². The minimum atomic E-state index is -1.87. The Kier molecular flexibility index (Phi) is 5.99. The highest BCUT2D eigenvalue weighted by atomic mass is 79.9. The van der Waals surface area contributed by atoms with Gasteiger partial charge in [-0.05, 0) is 27.6 Å². The Bertz CT molecular complexity index is 693. The molecule has 0 saturated carbocycles. The summed E-state index contributed by atoms with van der Waals surface area (Å²) in [5, 5.41) is 10.8. The van der Waals surface area contributed by atoms with Gasteiger partial charge in [-0.25, -0.2) is 0 Å². The van der Waals surface area contributed by atoms with Gasteiger partial charge in [0.2, 0.25) is 5.79 Å². The number of ether oxygens (including phenoxy) is 3. The quantitative estimate of drug-likeness (QED) is 0.593. The number of hydrogen-bond acceptors (Lipinski definition) is 5. The summed E-state index contributed by atoms with van der Waals surface area (Å²) < 4.78 is 16.2. The van der Waals surface area contributed by atoms with Crippen LogP contribution in [-0.2, 0) is 19.0 Å². The van der Waals surface area contributed by atoms with E-state index in [-0.39, 0.29) is 11.5 Å².